The molecule has 0 bridgehead atoms. The summed E-state index contributed by atoms with van der Waals surface area (Å²) in [6.07, 6.45) is 5.35. The zero-order chi connectivity index (χ0) is 10.5. The highest BCUT2D eigenvalue weighted by atomic mass is 14.8. The summed E-state index contributed by atoms with van der Waals surface area (Å²) in [5.74, 6) is 0.890. The van der Waals surface area contributed by atoms with E-state index in [9.17, 15) is 0 Å². The van der Waals surface area contributed by atoms with E-state index in [1.54, 1.807) is 5.56 Å². The molecule has 0 spiro atoms. The van der Waals surface area contributed by atoms with Crippen LogP contribution in [0, 0.1) is 12.8 Å². The van der Waals surface area contributed by atoms with Crippen molar-refractivity contribution >= 4 is 0 Å². The first kappa shape index (κ1) is 10.7. The summed E-state index contributed by atoms with van der Waals surface area (Å²) in [6.45, 7) is 4.64. The van der Waals surface area contributed by atoms with E-state index in [4.69, 9.17) is 0 Å². The topological polar surface area (TPSA) is 12.0 Å². The molecule has 82 valence electrons. The molecule has 1 atom stereocenters. The molecular weight excluding hydrogens is 182 g/mol. The van der Waals surface area contributed by atoms with E-state index in [-0.39, 0.29) is 0 Å². The highest BCUT2D eigenvalue weighted by Gasteiger charge is 2.12. The minimum Gasteiger partial charge on any atom is -0.317 e. The van der Waals surface area contributed by atoms with Gasteiger partial charge in [0.2, 0.25) is 0 Å². The molecule has 0 amide bonds. The molecule has 1 fully saturated rings. The minimum atomic E-state index is 0.890. The lowest BCUT2D eigenvalue weighted by molar-refractivity contribution is 0.469. The summed E-state index contributed by atoms with van der Waals surface area (Å²) < 4.78 is 0. The van der Waals surface area contributed by atoms with E-state index in [0.717, 1.165) is 5.92 Å². The predicted molar refractivity (Wildman–Crippen MR) is 65.1 cm³/mol. The summed E-state index contributed by atoms with van der Waals surface area (Å²) >= 11 is 0. The summed E-state index contributed by atoms with van der Waals surface area (Å²) in [6, 6.07) is 8.81. The van der Waals surface area contributed by atoms with Crippen LogP contribution in [0.4, 0.5) is 0 Å². The quantitative estimate of drug-likeness (QED) is 0.779. The second-order valence-corrected chi connectivity index (χ2v) is 4.68. The Morgan fingerprint density at radius 1 is 1.20 bits per heavy atom. The summed E-state index contributed by atoms with van der Waals surface area (Å²) in [5.41, 5.74) is 3.00. The van der Waals surface area contributed by atoms with Crippen LogP contribution in [0.2, 0.25) is 0 Å². The number of nitrogens with one attached hydrogen (secondary N) is 1. The Hall–Kier alpha value is -0.820. The molecule has 0 aromatic heterocycles. The Balaban J connectivity index is 1.98. The minimum absolute atomic E-state index is 0.890. The van der Waals surface area contributed by atoms with Gasteiger partial charge in [-0.3, -0.25) is 0 Å². The van der Waals surface area contributed by atoms with Crippen molar-refractivity contribution in [1.82, 2.24) is 5.32 Å². The molecule has 1 nitrogen and oxygen atoms in total. The zero-order valence-corrected chi connectivity index (χ0v) is 9.63. The van der Waals surface area contributed by atoms with Crippen molar-refractivity contribution in [1.29, 1.82) is 0 Å². The van der Waals surface area contributed by atoms with E-state index in [0.29, 0.717) is 0 Å². The van der Waals surface area contributed by atoms with Gasteiger partial charge in [0, 0.05) is 0 Å². The first-order valence-electron chi connectivity index (χ1n) is 6.11. The van der Waals surface area contributed by atoms with Gasteiger partial charge in [0.1, 0.15) is 0 Å². The maximum Gasteiger partial charge on any atom is -0.00462 e. The van der Waals surface area contributed by atoms with Crippen LogP contribution in [0.25, 0.3) is 0 Å². The van der Waals surface area contributed by atoms with Gasteiger partial charge in [-0.2, -0.15) is 0 Å². The average molecular weight is 203 g/mol. The van der Waals surface area contributed by atoms with Gasteiger partial charge in [-0.05, 0) is 62.7 Å². The lowest BCUT2D eigenvalue weighted by atomic mass is 9.91. The Bertz CT molecular complexity index is 298. The molecule has 1 N–H and O–H groups in total. The zero-order valence-electron chi connectivity index (χ0n) is 9.63. The maximum absolute atomic E-state index is 3.48. The smallest absolute Gasteiger partial charge is 0.00462 e. The maximum atomic E-state index is 3.48. The lowest BCUT2D eigenvalue weighted by Crippen LogP contribution is -2.14. The van der Waals surface area contributed by atoms with Crippen LogP contribution in [0.15, 0.2) is 24.3 Å². The molecule has 1 aromatic rings. The SMILES string of the molecule is Cc1ccccc1CC1CCCNCC1. The van der Waals surface area contributed by atoms with Gasteiger partial charge < -0.3 is 5.32 Å². The van der Waals surface area contributed by atoms with Crippen LogP contribution < -0.4 is 5.32 Å². The molecule has 2 rings (SSSR count). The third-order valence-corrected chi connectivity index (χ3v) is 3.47. The van der Waals surface area contributed by atoms with Crippen LogP contribution in [-0.2, 0) is 6.42 Å². The van der Waals surface area contributed by atoms with Crippen molar-refractivity contribution in [3.63, 3.8) is 0 Å². The van der Waals surface area contributed by atoms with Gasteiger partial charge in [0.25, 0.3) is 0 Å². The van der Waals surface area contributed by atoms with Gasteiger partial charge in [0.05, 0.1) is 0 Å². The van der Waals surface area contributed by atoms with Crippen LogP contribution in [0.3, 0.4) is 0 Å². The molecule has 1 aromatic carbocycles. The Kier molecular flexibility index (Phi) is 3.79. The molecule has 15 heavy (non-hydrogen) atoms. The molecule has 0 aliphatic carbocycles. The second-order valence-electron chi connectivity index (χ2n) is 4.68. The highest BCUT2D eigenvalue weighted by molar-refractivity contribution is 5.25. The van der Waals surface area contributed by atoms with Crippen molar-refractivity contribution in [2.24, 2.45) is 5.92 Å². The van der Waals surface area contributed by atoms with Gasteiger partial charge >= 0.3 is 0 Å². The number of rotatable bonds is 2. The molecule has 1 heteroatoms. The predicted octanol–water partition coefficient (Wildman–Crippen LogP) is 2.93. The van der Waals surface area contributed by atoms with Crippen molar-refractivity contribution in [3.8, 4) is 0 Å². The standard InChI is InChI=1S/C14H21N/c1-12-5-2-3-7-14(12)11-13-6-4-9-15-10-8-13/h2-3,5,7,13,15H,4,6,8-11H2,1H3. The van der Waals surface area contributed by atoms with Crippen LogP contribution >= 0.6 is 0 Å². The molecule has 1 unspecified atom stereocenters. The Morgan fingerprint density at radius 2 is 2.07 bits per heavy atom. The Morgan fingerprint density at radius 3 is 2.93 bits per heavy atom. The first-order valence-corrected chi connectivity index (χ1v) is 6.11. The first-order chi connectivity index (χ1) is 7.36. The van der Waals surface area contributed by atoms with Crippen LogP contribution in [-0.4, -0.2) is 13.1 Å². The molecule has 1 heterocycles. The largest absolute Gasteiger partial charge is 0.317 e. The number of hydrogen-bond donors (Lipinski definition) is 1. The van der Waals surface area contributed by atoms with Gasteiger partial charge in [-0.25, -0.2) is 0 Å². The monoisotopic (exact) mass is 203 g/mol. The van der Waals surface area contributed by atoms with Crippen LogP contribution in [0.5, 0.6) is 0 Å². The van der Waals surface area contributed by atoms with E-state index in [1.807, 2.05) is 0 Å². The normalized spacial score (nSPS) is 22.3. The molecule has 1 saturated heterocycles. The van der Waals surface area contributed by atoms with Crippen molar-refractivity contribution in [2.45, 2.75) is 32.6 Å². The fourth-order valence-electron chi connectivity index (χ4n) is 2.45. The summed E-state index contributed by atoms with van der Waals surface area (Å²) in [5, 5.41) is 3.48. The molecular formula is C14H21N. The van der Waals surface area contributed by atoms with E-state index < -0.39 is 0 Å². The second kappa shape index (κ2) is 5.32. The van der Waals surface area contributed by atoms with E-state index >= 15 is 0 Å². The van der Waals surface area contributed by atoms with Crippen molar-refractivity contribution < 1.29 is 0 Å². The van der Waals surface area contributed by atoms with Crippen LogP contribution in [0.1, 0.15) is 30.4 Å². The van der Waals surface area contributed by atoms with Gasteiger partial charge in [-0.1, -0.05) is 24.3 Å². The Labute approximate surface area is 92.9 Å². The number of hydrogen-bond acceptors (Lipinski definition) is 1. The number of benzene rings is 1. The van der Waals surface area contributed by atoms with E-state index in [2.05, 4.69) is 36.5 Å². The van der Waals surface area contributed by atoms with E-state index in [1.165, 1.54) is 44.3 Å². The van der Waals surface area contributed by atoms with Crippen molar-refractivity contribution in [2.75, 3.05) is 13.1 Å². The van der Waals surface area contributed by atoms with Gasteiger partial charge in [-0.15, -0.1) is 0 Å². The molecule has 0 radical (unpaired) electrons. The summed E-state index contributed by atoms with van der Waals surface area (Å²) in [4.78, 5) is 0. The number of aryl methyl sites for hydroxylation is 1. The molecule has 1 aliphatic heterocycles. The third-order valence-electron chi connectivity index (χ3n) is 3.47. The fourth-order valence-corrected chi connectivity index (χ4v) is 2.45. The van der Waals surface area contributed by atoms with Gasteiger partial charge in [0.15, 0.2) is 0 Å². The molecule has 1 aliphatic rings. The lowest BCUT2D eigenvalue weighted by Gasteiger charge is -2.14. The summed E-state index contributed by atoms with van der Waals surface area (Å²) in [7, 11) is 0. The van der Waals surface area contributed by atoms with Crippen molar-refractivity contribution in [3.05, 3.63) is 35.4 Å². The molecule has 0 saturated carbocycles. The average Bonchev–Trinajstić information content (AvgIpc) is 2.50. The highest BCUT2D eigenvalue weighted by Crippen LogP contribution is 2.20. The third kappa shape index (κ3) is 3.07. The fraction of sp³-hybridized carbons (Fsp3) is 0.571.